The number of hydrogen-bond donors (Lipinski definition) is 0. The Morgan fingerprint density at radius 1 is 1.47 bits per heavy atom. The molecule has 0 N–H and O–H groups in total. The second-order valence-corrected chi connectivity index (χ2v) is 4.88. The number of likely N-dealkylation sites (tertiary alicyclic amines) is 1. The third-order valence-corrected chi connectivity index (χ3v) is 3.66. The number of piperidine rings is 1. The van der Waals surface area contributed by atoms with Crippen molar-refractivity contribution in [1.29, 1.82) is 0 Å². The van der Waals surface area contributed by atoms with Gasteiger partial charge in [-0.3, -0.25) is 14.5 Å². The molecule has 0 saturated carbocycles. The van der Waals surface area contributed by atoms with E-state index in [2.05, 4.69) is 0 Å². The average Bonchev–Trinajstić information content (AvgIpc) is 2.48. The molecule has 2 heterocycles. The Balaban J connectivity index is 2.09. The van der Waals surface area contributed by atoms with Crippen molar-refractivity contribution in [1.82, 2.24) is 9.80 Å². The Morgan fingerprint density at radius 3 is 2.73 bits per heavy atom. The standard InChI is InChI=1S/C9H13FN2O2S/c1-11-3-2-7(6(10)4-11)12-8(13)5-15-9(12)14/h6-7H,2-5H2,1H3/t6-,7-/m1/s1. The van der Waals surface area contributed by atoms with Gasteiger partial charge in [0, 0.05) is 13.1 Å². The number of carbonyl (C=O) groups excluding carboxylic acids is 2. The summed E-state index contributed by atoms with van der Waals surface area (Å²) >= 11 is 0.967. The van der Waals surface area contributed by atoms with E-state index in [4.69, 9.17) is 0 Å². The predicted molar refractivity (Wildman–Crippen MR) is 55.5 cm³/mol. The molecule has 0 bridgehead atoms. The molecular weight excluding hydrogens is 219 g/mol. The highest BCUT2D eigenvalue weighted by molar-refractivity contribution is 8.14. The lowest BCUT2D eigenvalue weighted by molar-refractivity contribution is -0.128. The van der Waals surface area contributed by atoms with E-state index in [0.29, 0.717) is 13.0 Å². The summed E-state index contributed by atoms with van der Waals surface area (Å²) in [6.45, 7) is 1.03. The Kier molecular flexibility index (Phi) is 2.97. The van der Waals surface area contributed by atoms with E-state index in [0.717, 1.165) is 23.2 Å². The minimum atomic E-state index is -1.12. The molecule has 2 aliphatic rings. The summed E-state index contributed by atoms with van der Waals surface area (Å²) < 4.78 is 13.7. The largest absolute Gasteiger partial charge is 0.303 e. The molecule has 6 heteroatoms. The van der Waals surface area contributed by atoms with Crippen LogP contribution in [0.25, 0.3) is 0 Å². The second kappa shape index (κ2) is 4.09. The molecule has 0 aliphatic carbocycles. The van der Waals surface area contributed by atoms with Crippen LogP contribution in [0.15, 0.2) is 0 Å². The number of hydrogen-bond acceptors (Lipinski definition) is 4. The van der Waals surface area contributed by atoms with Crippen LogP contribution in [0.3, 0.4) is 0 Å². The Labute approximate surface area is 91.8 Å². The summed E-state index contributed by atoms with van der Waals surface area (Å²) in [6, 6.07) is -0.545. The fourth-order valence-electron chi connectivity index (χ4n) is 2.02. The van der Waals surface area contributed by atoms with E-state index in [9.17, 15) is 14.0 Å². The Morgan fingerprint density at radius 2 is 2.20 bits per heavy atom. The van der Waals surface area contributed by atoms with E-state index < -0.39 is 12.2 Å². The van der Waals surface area contributed by atoms with E-state index in [1.807, 2.05) is 11.9 Å². The van der Waals surface area contributed by atoms with Crippen LogP contribution >= 0.6 is 11.8 Å². The van der Waals surface area contributed by atoms with Gasteiger partial charge in [0.2, 0.25) is 5.91 Å². The van der Waals surface area contributed by atoms with Crippen LogP contribution in [0.1, 0.15) is 6.42 Å². The van der Waals surface area contributed by atoms with E-state index in [-0.39, 0.29) is 16.9 Å². The molecule has 15 heavy (non-hydrogen) atoms. The molecule has 0 aromatic heterocycles. The first-order chi connectivity index (χ1) is 7.09. The fourth-order valence-corrected chi connectivity index (χ4v) is 2.78. The predicted octanol–water partition coefficient (Wildman–Crippen LogP) is 0.724. The van der Waals surface area contributed by atoms with Gasteiger partial charge in [-0.25, -0.2) is 4.39 Å². The molecule has 0 aromatic rings. The highest BCUT2D eigenvalue weighted by Gasteiger charge is 2.41. The van der Waals surface area contributed by atoms with Gasteiger partial charge in [0.25, 0.3) is 5.24 Å². The number of amides is 2. The molecule has 2 rings (SSSR count). The second-order valence-electron chi connectivity index (χ2n) is 3.95. The molecule has 0 radical (unpaired) electrons. The highest BCUT2D eigenvalue weighted by Crippen LogP contribution is 2.27. The van der Waals surface area contributed by atoms with E-state index in [1.54, 1.807) is 0 Å². The van der Waals surface area contributed by atoms with Crippen LogP contribution in [-0.2, 0) is 4.79 Å². The van der Waals surface area contributed by atoms with Crippen molar-refractivity contribution in [2.24, 2.45) is 0 Å². The van der Waals surface area contributed by atoms with E-state index in [1.165, 1.54) is 0 Å². The number of imide groups is 1. The number of alkyl halides is 1. The minimum Gasteiger partial charge on any atom is -0.303 e. The lowest BCUT2D eigenvalue weighted by atomic mass is 10.0. The van der Waals surface area contributed by atoms with Crippen LogP contribution in [-0.4, -0.2) is 59.0 Å². The first kappa shape index (κ1) is 10.9. The minimum absolute atomic E-state index is 0.165. The van der Waals surface area contributed by atoms with Crippen LogP contribution in [0.4, 0.5) is 9.18 Å². The number of rotatable bonds is 1. The summed E-state index contributed by atoms with van der Waals surface area (Å²) in [6.07, 6.45) is -0.578. The van der Waals surface area contributed by atoms with Gasteiger partial charge in [-0.2, -0.15) is 0 Å². The average molecular weight is 232 g/mol. The number of thioether (sulfide) groups is 1. The van der Waals surface area contributed by atoms with Gasteiger partial charge in [0.05, 0.1) is 11.8 Å². The van der Waals surface area contributed by atoms with Crippen LogP contribution < -0.4 is 0 Å². The monoisotopic (exact) mass is 232 g/mol. The van der Waals surface area contributed by atoms with Crippen molar-refractivity contribution in [2.45, 2.75) is 18.6 Å². The molecule has 84 valence electrons. The van der Waals surface area contributed by atoms with Crippen molar-refractivity contribution in [3.05, 3.63) is 0 Å². The fraction of sp³-hybridized carbons (Fsp3) is 0.778. The number of carbonyl (C=O) groups is 2. The highest BCUT2D eigenvalue weighted by atomic mass is 32.2. The zero-order chi connectivity index (χ0) is 11.0. The van der Waals surface area contributed by atoms with Crippen LogP contribution in [0, 0.1) is 0 Å². The molecule has 2 saturated heterocycles. The number of nitrogens with zero attached hydrogens (tertiary/aromatic N) is 2. The van der Waals surface area contributed by atoms with Gasteiger partial charge >= 0.3 is 0 Å². The van der Waals surface area contributed by atoms with Crippen molar-refractivity contribution >= 4 is 22.9 Å². The molecule has 0 unspecified atom stereocenters. The molecule has 2 amide bonds. The molecule has 2 atom stereocenters. The Bertz CT molecular complexity index is 284. The summed E-state index contributed by atoms with van der Waals surface area (Å²) in [5.41, 5.74) is 0. The maximum atomic E-state index is 13.7. The molecule has 4 nitrogen and oxygen atoms in total. The normalized spacial score (nSPS) is 33.9. The zero-order valence-electron chi connectivity index (χ0n) is 8.48. The van der Waals surface area contributed by atoms with Gasteiger partial charge in [-0.05, 0) is 13.5 Å². The maximum Gasteiger partial charge on any atom is 0.289 e. The first-order valence-electron chi connectivity index (χ1n) is 4.91. The van der Waals surface area contributed by atoms with Gasteiger partial charge < -0.3 is 4.90 Å². The summed E-state index contributed by atoms with van der Waals surface area (Å²) in [5.74, 6) is -0.0834. The summed E-state index contributed by atoms with van der Waals surface area (Å²) in [7, 11) is 1.84. The van der Waals surface area contributed by atoms with Crippen molar-refractivity contribution in [2.75, 3.05) is 25.9 Å². The maximum absolute atomic E-state index is 13.7. The summed E-state index contributed by atoms with van der Waals surface area (Å²) in [4.78, 5) is 25.8. The van der Waals surface area contributed by atoms with E-state index >= 15 is 0 Å². The third kappa shape index (κ3) is 2.01. The van der Waals surface area contributed by atoms with Gasteiger partial charge in [-0.1, -0.05) is 11.8 Å². The Hall–Kier alpha value is -0.620. The molecule has 2 aliphatic heterocycles. The zero-order valence-corrected chi connectivity index (χ0v) is 9.30. The van der Waals surface area contributed by atoms with Crippen molar-refractivity contribution in [3.8, 4) is 0 Å². The quantitative estimate of drug-likeness (QED) is 0.668. The van der Waals surface area contributed by atoms with Crippen LogP contribution in [0.5, 0.6) is 0 Å². The van der Waals surface area contributed by atoms with Crippen molar-refractivity contribution in [3.63, 3.8) is 0 Å². The molecule has 0 spiro atoms. The first-order valence-corrected chi connectivity index (χ1v) is 5.89. The smallest absolute Gasteiger partial charge is 0.289 e. The van der Waals surface area contributed by atoms with Gasteiger partial charge in [0.1, 0.15) is 6.17 Å². The van der Waals surface area contributed by atoms with Crippen LogP contribution in [0.2, 0.25) is 0 Å². The van der Waals surface area contributed by atoms with Gasteiger partial charge in [0.15, 0.2) is 0 Å². The topological polar surface area (TPSA) is 40.6 Å². The molecule has 0 aromatic carbocycles. The third-order valence-electron chi connectivity index (χ3n) is 2.83. The SMILES string of the molecule is CN1CC[C@@H](N2C(=O)CSC2=O)[C@H](F)C1. The lowest BCUT2D eigenvalue weighted by Gasteiger charge is -2.36. The summed E-state index contributed by atoms with van der Waals surface area (Å²) in [5, 5.41) is -0.294. The van der Waals surface area contributed by atoms with Crippen molar-refractivity contribution < 1.29 is 14.0 Å². The van der Waals surface area contributed by atoms with Gasteiger partial charge in [-0.15, -0.1) is 0 Å². The lowest BCUT2D eigenvalue weighted by Crippen LogP contribution is -2.53. The molecular formula is C9H13FN2O2S. The molecule has 2 fully saturated rings. The number of halogens is 1.